The molecule has 1 atom stereocenters. The molecule has 0 spiro atoms. The molecule has 1 fully saturated rings. The lowest BCUT2D eigenvalue weighted by Gasteiger charge is -2.22. The number of ether oxygens (including phenoxy) is 2. The van der Waals surface area contributed by atoms with E-state index in [2.05, 4.69) is 0 Å². The Morgan fingerprint density at radius 3 is 2.75 bits per heavy atom. The van der Waals surface area contributed by atoms with Gasteiger partial charge in [-0.05, 0) is 54.8 Å². The van der Waals surface area contributed by atoms with Gasteiger partial charge in [-0.15, -0.1) is 0 Å². The summed E-state index contributed by atoms with van der Waals surface area (Å²) in [5, 5.41) is 0. The van der Waals surface area contributed by atoms with Gasteiger partial charge in [0.2, 0.25) is 5.89 Å². The van der Waals surface area contributed by atoms with Gasteiger partial charge in [0, 0.05) is 17.7 Å². The highest BCUT2D eigenvalue weighted by atomic mass is 16.5. The first kappa shape index (κ1) is 20.1. The number of nitrogens with zero attached hydrogens (tertiary/aromatic N) is 2. The molecule has 6 nitrogen and oxygen atoms in total. The van der Waals surface area contributed by atoms with Crippen LogP contribution >= 0.6 is 0 Å². The number of rotatable bonds is 5. The van der Waals surface area contributed by atoms with Gasteiger partial charge < -0.3 is 18.8 Å². The average molecular weight is 428 g/mol. The number of benzene rings is 3. The van der Waals surface area contributed by atoms with Crippen LogP contribution in [0, 0.1) is 0 Å². The van der Waals surface area contributed by atoms with E-state index >= 15 is 0 Å². The van der Waals surface area contributed by atoms with Crippen molar-refractivity contribution in [3.63, 3.8) is 0 Å². The van der Waals surface area contributed by atoms with Crippen molar-refractivity contribution in [2.45, 2.75) is 18.9 Å². The van der Waals surface area contributed by atoms with Crippen molar-refractivity contribution in [1.29, 1.82) is 0 Å². The predicted molar refractivity (Wildman–Crippen MR) is 122 cm³/mol. The van der Waals surface area contributed by atoms with Gasteiger partial charge in [0.1, 0.15) is 23.1 Å². The topological polar surface area (TPSA) is 64.8 Å². The van der Waals surface area contributed by atoms with Crippen molar-refractivity contribution in [3.8, 4) is 22.6 Å². The summed E-state index contributed by atoms with van der Waals surface area (Å²) in [6, 6.07) is 20.9. The first-order chi connectivity index (χ1) is 15.7. The van der Waals surface area contributed by atoms with E-state index in [0.29, 0.717) is 29.3 Å². The Balaban J connectivity index is 1.46. The number of fused-ring (bicyclic) bond motifs is 1. The van der Waals surface area contributed by atoms with Gasteiger partial charge in [0.05, 0.1) is 14.2 Å². The molecule has 0 aliphatic carbocycles. The Bertz CT molecular complexity index is 1280. The molecule has 1 saturated heterocycles. The van der Waals surface area contributed by atoms with Gasteiger partial charge in [-0.2, -0.15) is 0 Å². The van der Waals surface area contributed by atoms with Crippen LogP contribution in [0.2, 0.25) is 0 Å². The number of carbonyl (C=O) groups is 1. The van der Waals surface area contributed by atoms with Crippen LogP contribution in [0.15, 0.2) is 71.1 Å². The second kappa shape index (κ2) is 8.38. The zero-order chi connectivity index (χ0) is 22.1. The Morgan fingerprint density at radius 1 is 1.03 bits per heavy atom. The maximum absolute atomic E-state index is 13.2. The lowest BCUT2D eigenvalue weighted by Crippen LogP contribution is -2.30. The molecule has 6 heteroatoms. The molecular weight excluding hydrogens is 404 g/mol. The van der Waals surface area contributed by atoms with Crippen LogP contribution in [0.4, 0.5) is 0 Å². The number of para-hydroxylation sites is 1. The third kappa shape index (κ3) is 3.58. The van der Waals surface area contributed by atoms with E-state index in [1.54, 1.807) is 20.3 Å². The van der Waals surface area contributed by atoms with Crippen LogP contribution in [-0.4, -0.2) is 36.6 Å². The average Bonchev–Trinajstić information content (AvgIpc) is 3.50. The van der Waals surface area contributed by atoms with Crippen molar-refractivity contribution in [3.05, 3.63) is 78.2 Å². The molecule has 162 valence electrons. The summed E-state index contributed by atoms with van der Waals surface area (Å²) in [6.07, 6.45) is 1.73. The molecule has 4 aromatic rings. The molecule has 1 amide bonds. The Morgan fingerprint density at radius 2 is 1.91 bits per heavy atom. The third-order valence-corrected chi connectivity index (χ3v) is 5.94. The monoisotopic (exact) mass is 428 g/mol. The highest BCUT2D eigenvalue weighted by Crippen LogP contribution is 2.36. The second-order valence-corrected chi connectivity index (χ2v) is 7.82. The Hall–Kier alpha value is -3.80. The first-order valence-electron chi connectivity index (χ1n) is 10.7. The van der Waals surface area contributed by atoms with Gasteiger partial charge >= 0.3 is 0 Å². The van der Waals surface area contributed by atoms with Gasteiger partial charge in [-0.3, -0.25) is 4.79 Å². The summed E-state index contributed by atoms with van der Waals surface area (Å²) >= 11 is 0. The highest BCUT2D eigenvalue weighted by Gasteiger charge is 2.34. The maximum atomic E-state index is 13.2. The number of likely N-dealkylation sites (tertiary alicyclic amines) is 1. The van der Waals surface area contributed by atoms with E-state index in [1.807, 2.05) is 65.6 Å². The molecule has 3 aromatic carbocycles. The summed E-state index contributed by atoms with van der Waals surface area (Å²) in [6.45, 7) is 0.673. The number of hydrogen-bond donors (Lipinski definition) is 0. The quantitative estimate of drug-likeness (QED) is 0.421. The van der Waals surface area contributed by atoms with Crippen LogP contribution in [-0.2, 0) is 0 Å². The summed E-state index contributed by atoms with van der Waals surface area (Å²) in [5.74, 6) is 2.01. The fourth-order valence-electron chi connectivity index (χ4n) is 4.33. The van der Waals surface area contributed by atoms with Gasteiger partial charge in [0.15, 0.2) is 5.58 Å². The van der Waals surface area contributed by atoms with Crippen LogP contribution in [0.1, 0.15) is 35.1 Å². The zero-order valence-corrected chi connectivity index (χ0v) is 18.1. The fourth-order valence-corrected chi connectivity index (χ4v) is 4.33. The molecule has 32 heavy (non-hydrogen) atoms. The van der Waals surface area contributed by atoms with Crippen molar-refractivity contribution in [2.24, 2.45) is 0 Å². The van der Waals surface area contributed by atoms with E-state index in [0.717, 1.165) is 35.2 Å². The molecule has 0 N–H and O–H groups in total. The van der Waals surface area contributed by atoms with E-state index in [9.17, 15) is 4.79 Å². The lowest BCUT2D eigenvalue weighted by atomic mass is 10.0. The fraction of sp³-hybridized carbons (Fsp3) is 0.231. The summed E-state index contributed by atoms with van der Waals surface area (Å²) in [4.78, 5) is 19.8. The minimum Gasteiger partial charge on any atom is -0.497 e. The van der Waals surface area contributed by atoms with Crippen molar-refractivity contribution in [2.75, 3.05) is 20.8 Å². The molecule has 5 rings (SSSR count). The van der Waals surface area contributed by atoms with E-state index in [-0.39, 0.29) is 11.9 Å². The van der Waals surface area contributed by atoms with E-state index in [4.69, 9.17) is 18.9 Å². The molecule has 1 aromatic heterocycles. The van der Waals surface area contributed by atoms with Gasteiger partial charge in [-0.25, -0.2) is 4.98 Å². The minimum absolute atomic E-state index is 0.0385. The first-order valence-corrected chi connectivity index (χ1v) is 10.7. The lowest BCUT2D eigenvalue weighted by molar-refractivity contribution is 0.0716. The van der Waals surface area contributed by atoms with Crippen LogP contribution in [0.3, 0.4) is 0 Å². The van der Waals surface area contributed by atoms with Crippen LogP contribution < -0.4 is 9.47 Å². The summed E-state index contributed by atoms with van der Waals surface area (Å²) < 4.78 is 16.9. The van der Waals surface area contributed by atoms with Gasteiger partial charge in [-0.1, -0.05) is 30.3 Å². The second-order valence-electron chi connectivity index (χ2n) is 7.82. The van der Waals surface area contributed by atoms with E-state index < -0.39 is 0 Å². The standard InChI is InChI=1S/C26H24N2O4/c1-30-19-8-5-7-18(15-19)26(29)28-14-6-10-22(28)25-27-21-16-17(12-13-24(21)32-25)20-9-3-4-11-23(20)31-2/h3-5,7-9,11-13,15-16,22H,6,10,14H2,1-2H3. The number of hydrogen-bond acceptors (Lipinski definition) is 5. The maximum Gasteiger partial charge on any atom is 0.254 e. The molecule has 1 aliphatic heterocycles. The molecule has 2 heterocycles. The Kier molecular flexibility index (Phi) is 5.27. The SMILES string of the molecule is COc1cccc(C(=O)N2CCCC2c2nc3cc(-c4ccccc4OC)ccc3o2)c1. The number of aromatic nitrogens is 1. The van der Waals surface area contributed by atoms with Crippen molar-refractivity contribution < 1.29 is 18.7 Å². The van der Waals surface area contributed by atoms with Crippen LogP contribution in [0.25, 0.3) is 22.2 Å². The van der Waals surface area contributed by atoms with Crippen molar-refractivity contribution >= 4 is 17.0 Å². The van der Waals surface area contributed by atoms with E-state index in [1.165, 1.54) is 0 Å². The smallest absolute Gasteiger partial charge is 0.254 e. The zero-order valence-electron chi connectivity index (χ0n) is 18.1. The number of carbonyl (C=O) groups excluding carboxylic acids is 1. The third-order valence-electron chi connectivity index (χ3n) is 5.94. The normalized spacial score (nSPS) is 15.8. The molecule has 0 bridgehead atoms. The number of oxazole rings is 1. The minimum atomic E-state index is -0.184. The summed E-state index contributed by atoms with van der Waals surface area (Å²) in [7, 11) is 3.26. The molecular formula is C26H24N2O4. The highest BCUT2D eigenvalue weighted by molar-refractivity contribution is 5.95. The van der Waals surface area contributed by atoms with Crippen LogP contribution in [0.5, 0.6) is 11.5 Å². The van der Waals surface area contributed by atoms with Crippen molar-refractivity contribution in [1.82, 2.24) is 9.88 Å². The summed E-state index contributed by atoms with van der Waals surface area (Å²) in [5.41, 5.74) is 4.08. The number of amides is 1. The van der Waals surface area contributed by atoms with Gasteiger partial charge in [0.25, 0.3) is 5.91 Å². The predicted octanol–water partition coefficient (Wildman–Crippen LogP) is 5.49. The molecule has 0 saturated carbocycles. The Labute approximate surface area is 186 Å². The largest absolute Gasteiger partial charge is 0.497 e. The molecule has 0 radical (unpaired) electrons. The molecule has 1 aliphatic rings. The number of methoxy groups -OCH3 is 2. The molecule has 1 unspecified atom stereocenters.